The van der Waals surface area contributed by atoms with Crippen LogP contribution >= 0.6 is 11.3 Å². The molecule has 0 spiro atoms. The fraction of sp³-hybridized carbons (Fsp3) is 0.263. The van der Waals surface area contributed by atoms with Crippen molar-refractivity contribution in [2.75, 3.05) is 7.11 Å². The molecular weight excluding hydrogens is 366 g/mol. The Kier molecular flexibility index (Phi) is 5.09. The number of benzene rings is 1. The molecular formula is C19H19N3O4S. The summed E-state index contributed by atoms with van der Waals surface area (Å²) < 4.78 is 7.67. The molecule has 0 bridgehead atoms. The first-order chi connectivity index (χ1) is 12.8. The topological polar surface area (TPSA) is 93.5 Å². The Labute approximate surface area is 159 Å². The molecule has 3 aromatic rings. The smallest absolute Gasteiger partial charge is 0.339 e. The highest BCUT2D eigenvalue weighted by Crippen LogP contribution is 2.21. The number of nitrogens with one attached hydrogen (secondary N) is 1. The number of aromatic amines is 1. The van der Waals surface area contributed by atoms with Gasteiger partial charge >= 0.3 is 5.97 Å². The Morgan fingerprint density at radius 1 is 1.26 bits per heavy atom. The lowest BCUT2D eigenvalue weighted by Gasteiger charge is -2.01. The Hall–Kier alpha value is -3.00. The molecule has 0 saturated carbocycles. The molecule has 0 aliphatic heterocycles. The van der Waals surface area contributed by atoms with Gasteiger partial charge in [0.2, 0.25) is 0 Å². The second-order valence-corrected chi connectivity index (χ2v) is 7.13. The van der Waals surface area contributed by atoms with Crippen LogP contribution < -0.4 is 4.80 Å². The number of ether oxygens (including phenoxy) is 1. The lowest BCUT2D eigenvalue weighted by Crippen LogP contribution is -2.15. The van der Waals surface area contributed by atoms with Crippen LogP contribution in [-0.2, 0) is 23.0 Å². The van der Waals surface area contributed by atoms with Crippen LogP contribution in [-0.4, -0.2) is 34.3 Å². The van der Waals surface area contributed by atoms with E-state index in [1.165, 1.54) is 25.4 Å². The van der Waals surface area contributed by atoms with E-state index in [1.807, 2.05) is 35.9 Å². The monoisotopic (exact) mass is 385 g/mol. The van der Waals surface area contributed by atoms with E-state index >= 15 is 0 Å². The second-order valence-electron chi connectivity index (χ2n) is 6.12. The highest BCUT2D eigenvalue weighted by Gasteiger charge is 2.24. The number of H-pyrrole nitrogens is 1. The van der Waals surface area contributed by atoms with E-state index in [4.69, 9.17) is 4.74 Å². The summed E-state index contributed by atoms with van der Waals surface area (Å²) in [5.41, 5.74) is 2.31. The van der Waals surface area contributed by atoms with Gasteiger partial charge in [-0.3, -0.25) is 9.59 Å². The first-order valence-electron chi connectivity index (χ1n) is 8.26. The molecule has 0 radical (unpaired) electrons. The summed E-state index contributed by atoms with van der Waals surface area (Å²) in [6, 6.07) is 7.77. The predicted molar refractivity (Wildman–Crippen MR) is 102 cm³/mol. The SMILES string of the molecule is COC(=O)c1c(CC(=O)N=c2sc3ccccc3n2C)[nH]c(C(C)=O)c1C. The number of ketones is 1. The Balaban J connectivity index is 2.00. The van der Waals surface area contributed by atoms with Gasteiger partial charge in [0.25, 0.3) is 5.91 Å². The van der Waals surface area contributed by atoms with Gasteiger partial charge < -0.3 is 14.3 Å². The zero-order valence-electron chi connectivity index (χ0n) is 15.5. The summed E-state index contributed by atoms with van der Waals surface area (Å²) in [6.45, 7) is 3.05. The Bertz CT molecular complexity index is 1130. The number of nitrogens with zero attached hydrogens (tertiary/aromatic N) is 2. The third kappa shape index (κ3) is 3.48. The Morgan fingerprint density at radius 3 is 2.59 bits per heavy atom. The molecule has 8 heteroatoms. The summed E-state index contributed by atoms with van der Waals surface area (Å²) in [4.78, 5) is 44.0. The molecule has 1 aromatic carbocycles. The number of esters is 1. The number of hydrogen-bond acceptors (Lipinski definition) is 5. The van der Waals surface area contributed by atoms with Crippen LogP contribution in [0.2, 0.25) is 0 Å². The number of rotatable bonds is 4. The molecule has 2 aromatic heterocycles. The van der Waals surface area contributed by atoms with Gasteiger partial charge in [-0.15, -0.1) is 0 Å². The van der Waals surface area contributed by atoms with Gasteiger partial charge in [0.1, 0.15) is 0 Å². The van der Waals surface area contributed by atoms with Crippen LogP contribution in [0.3, 0.4) is 0 Å². The van der Waals surface area contributed by atoms with Crippen molar-refractivity contribution in [2.45, 2.75) is 20.3 Å². The van der Waals surface area contributed by atoms with Crippen molar-refractivity contribution in [3.63, 3.8) is 0 Å². The number of hydrogen-bond donors (Lipinski definition) is 1. The van der Waals surface area contributed by atoms with Gasteiger partial charge in [0, 0.05) is 19.7 Å². The van der Waals surface area contributed by atoms with Crippen molar-refractivity contribution in [2.24, 2.45) is 12.0 Å². The predicted octanol–water partition coefficient (Wildman–Crippen LogP) is 2.54. The molecule has 2 heterocycles. The minimum atomic E-state index is -0.591. The summed E-state index contributed by atoms with van der Waals surface area (Å²) in [6.07, 6.45) is -0.132. The van der Waals surface area contributed by atoms with Crippen LogP contribution in [0.5, 0.6) is 0 Å². The number of carbonyl (C=O) groups excluding carboxylic acids is 3. The lowest BCUT2D eigenvalue weighted by molar-refractivity contribution is -0.117. The molecule has 140 valence electrons. The highest BCUT2D eigenvalue weighted by molar-refractivity contribution is 7.16. The molecule has 27 heavy (non-hydrogen) atoms. The van der Waals surface area contributed by atoms with Crippen LogP contribution in [0.1, 0.15) is 39.0 Å². The van der Waals surface area contributed by atoms with E-state index in [-0.39, 0.29) is 17.8 Å². The summed E-state index contributed by atoms with van der Waals surface area (Å²) >= 11 is 1.41. The maximum Gasteiger partial charge on any atom is 0.339 e. The number of thiazole rings is 1. The lowest BCUT2D eigenvalue weighted by atomic mass is 10.1. The summed E-state index contributed by atoms with van der Waals surface area (Å²) in [5, 5.41) is 0. The molecule has 0 unspecified atom stereocenters. The number of amides is 1. The van der Waals surface area contributed by atoms with Crippen LogP contribution in [0.15, 0.2) is 29.3 Å². The van der Waals surface area contributed by atoms with Crippen LogP contribution in [0, 0.1) is 6.92 Å². The van der Waals surface area contributed by atoms with Gasteiger partial charge in [-0.2, -0.15) is 4.99 Å². The molecule has 0 saturated heterocycles. The van der Waals surface area contributed by atoms with Gasteiger partial charge in [-0.1, -0.05) is 23.5 Å². The highest BCUT2D eigenvalue weighted by atomic mass is 32.1. The molecule has 3 rings (SSSR count). The zero-order valence-corrected chi connectivity index (χ0v) is 16.3. The van der Waals surface area contributed by atoms with E-state index in [1.54, 1.807) is 6.92 Å². The Morgan fingerprint density at radius 2 is 1.96 bits per heavy atom. The number of aryl methyl sites for hydroxylation is 1. The van der Waals surface area contributed by atoms with Crippen molar-refractivity contribution in [3.05, 3.63) is 51.6 Å². The first-order valence-corrected chi connectivity index (χ1v) is 9.08. The number of Topliss-reactive ketones (excluding diaryl/α,β-unsaturated/α-hetero) is 1. The maximum absolute atomic E-state index is 12.5. The van der Waals surface area contributed by atoms with E-state index in [2.05, 4.69) is 9.98 Å². The zero-order chi connectivity index (χ0) is 19.7. The molecule has 0 aliphatic carbocycles. The average Bonchev–Trinajstić information content (AvgIpc) is 3.12. The van der Waals surface area contributed by atoms with Crippen LogP contribution in [0.25, 0.3) is 10.2 Å². The van der Waals surface area contributed by atoms with Gasteiger partial charge in [-0.05, 0) is 24.6 Å². The number of methoxy groups -OCH3 is 1. The largest absolute Gasteiger partial charge is 0.465 e. The second kappa shape index (κ2) is 7.32. The van der Waals surface area contributed by atoms with Crippen molar-refractivity contribution >= 4 is 39.2 Å². The van der Waals surface area contributed by atoms with E-state index < -0.39 is 11.9 Å². The third-order valence-electron chi connectivity index (χ3n) is 4.33. The first kappa shape index (κ1) is 18.8. The number of fused-ring (bicyclic) bond motifs is 1. The summed E-state index contributed by atoms with van der Waals surface area (Å²) in [5.74, 6) is -1.23. The van der Waals surface area contributed by atoms with Gasteiger partial charge in [-0.25, -0.2) is 4.79 Å². The quantitative estimate of drug-likeness (QED) is 0.552. The summed E-state index contributed by atoms with van der Waals surface area (Å²) in [7, 11) is 3.10. The minimum absolute atomic E-state index is 0.132. The number of aromatic nitrogens is 2. The molecule has 7 nitrogen and oxygen atoms in total. The van der Waals surface area contributed by atoms with Crippen molar-refractivity contribution in [3.8, 4) is 0 Å². The van der Waals surface area contributed by atoms with E-state index in [9.17, 15) is 14.4 Å². The molecule has 1 N–H and O–H groups in total. The fourth-order valence-corrected chi connectivity index (χ4v) is 4.04. The fourth-order valence-electron chi connectivity index (χ4n) is 3.01. The van der Waals surface area contributed by atoms with Crippen LogP contribution in [0.4, 0.5) is 0 Å². The van der Waals surface area contributed by atoms with Crippen molar-refractivity contribution in [1.29, 1.82) is 0 Å². The maximum atomic E-state index is 12.5. The average molecular weight is 385 g/mol. The van der Waals surface area contributed by atoms with E-state index in [0.29, 0.717) is 21.8 Å². The molecule has 0 aliphatic rings. The normalized spacial score (nSPS) is 11.8. The number of para-hydroxylation sites is 1. The van der Waals surface area contributed by atoms with E-state index in [0.717, 1.165) is 10.2 Å². The van der Waals surface area contributed by atoms with Crippen molar-refractivity contribution in [1.82, 2.24) is 9.55 Å². The minimum Gasteiger partial charge on any atom is -0.465 e. The standard InChI is InChI=1S/C19H19N3O4S/c1-10-16(18(25)26-4)12(20-17(10)11(2)23)9-15(24)21-19-22(3)13-7-5-6-8-14(13)27-19/h5-8,20H,9H2,1-4H3. The van der Waals surface area contributed by atoms with Crippen molar-refractivity contribution < 1.29 is 19.1 Å². The molecule has 0 fully saturated rings. The number of carbonyl (C=O) groups is 3. The molecule has 0 atom stereocenters. The van der Waals surface area contributed by atoms with Gasteiger partial charge in [0.05, 0.1) is 35.0 Å². The third-order valence-corrected chi connectivity index (χ3v) is 5.45. The molecule has 1 amide bonds. The van der Waals surface area contributed by atoms with Gasteiger partial charge in [0.15, 0.2) is 10.6 Å².